The topological polar surface area (TPSA) is 59.4 Å². The molecule has 0 unspecified atom stereocenters. The standard InChI is InChI=1S/C22H32N4O2S/c1-16-19(17(2)25(3)24-16)14-26-10-11-28-22(15-26)9-5-4-8-20(22)23-21(27)13-18-7-6-12-29-18/h6-7,12,20H,4-5,8-11,13-15H2,1-3H3,(H,23,27)/t20-,22-/m0/s1. The first kappa shape index (κ1) is 20.6. The maximum Gasteiger partial charge on any atom is 0.225 e. The fraction of sp³-hybridized carbons (Fsp3) is 0.636. The second-order valence-electron chi connectivity index (χ2n) is 8.52. The first-order valence-corrected chi connectivity index (χ1v) is 11.5. The number of ether oxygens (including phenoxy) is 1. The zero-order valence-electron chi connectivity index (χ0n) is 17.7. The predicted octanol–water partition coefficient (Wildman–Crippen LogP) is 2.97. The normalized spacial score (nSPS) is 25.4. The highest BCUT2D eigenvalue weighted by Crippen LogP contribution is 2.35. The molecule has 1 aliphatic carbocycles. The zero-order chi connectivity index (χ0) is 20.4. The lowest BCUT2D eigenvalue weighted by molar-refractivity contribution is -0.151. The molecule has 7 heteroatoms. The molecule has 1 saturated carbocycles. The second-order valence-corrected chi connectivity index (χ2v) is 9.55. The summed E-state index contributed by atoms with van der Waals surface area (Å²) in [5, 5.41) is 9.92. The van der Waals surface area contributed by atoms with Crippen molar-refractivity contribution in [2.45, 2.75) is 64.1 Å². The molecule has 0 aromatic carbocycles. The minimum absolute atomic E-state index is 0.0857. The minimum atomic E-state index is -0.272. The van der Waals surface area contributed by atoms with Gasteiger partial charge in [-0.15, -0.1) is 11.3 Å². The van der Waals surface area contributed by atoms with E-state index in [1.54, 1.807) is 11.3 Å². The molecule has 2 aromatic heterocycles. The van der Waals surface area contributed by atoms with Crippen molar-refractivity contribution < 1.29 is 9.53 Å². The number of aromatic nitrogens is 2. The van der Waals surface area contributed by atoms with E-state index in [4.69, 9.17) is 4.74 Å². The Labute approximate surface area is 177 Å². The molecule has 1 spiro atoms. The van der Waals surface area contributed by atoms with E-state index < -0.39 is 0 Å². The van der Waals surface area contributed by atoms with Crippen molar-refractivity contribution in [3.8, 4) is 0 Å². The Kier molecular flexibility index (Phi) is 6.08. The minimum Gasteiger partial charge on any atom is -0.370 e. The summed E-state index contributed by atoms with van der Waals surface area (Å²) < 4.78 is 8.38. The average Bonchev–Trinajstić information content (AvgIpc) is 3.28. The highest BCUT2D eigenvalue weighted by Gasteiger charge is 2.45. The molecule has 0 radical (unpaired) electrons. The number of morpholine rings is 1. The van der Waals surface area contributed by atoms with Crippen LogP contribution in [0.15, 0.2) is 17.5 Å². The Morgan fingerprint density at radius 3 is 3.00 bits per heavy atom. The van der Waals surface area contributed by atoms with Crippen LogP contribution >= 0.6 is 11.3 Å². The molecular formula is C22H32N4O2S. The molecule has 2 atom stereocenters. The lowest BCUT2D eigenvalue weighted by atomic mass is 9.78. The fourth-order valence-corrected chi connectivity index (χ4v) is 5.58. The lowest BCUT2D eigenvalue weighted by Gasteiger charge is -2.49. The Bertz CT molecular complexity index is 843. The Morgan fingerprint density at radius 2 is 2.28 bits per heavy atom. The number of carbonyl (C=O) groups excluding carboxylic acids is 1. The van der Waals surface area contributed by atoms with Gasteiger partial charge in [-0.1, -0.05) is 18.9 Å². The molecular weight excluding hydrogens is 384 g/mol. The number of thiophene rings is 1. The van der Waals surface area contributed by atoms with E-state index in [1.807, 2.05) is 29.2 Å². The maximum atomic E-state index is 12.7. The average molecular weight is 417 g/mol. The van der Waals surface area contributed by atoms with Gasteiger partial charge < -0.3 is 10.1 Å². The number of amides is 1. The number of aryl methyl sites for hydroxylation is 2. The van der Waals surface area contributed by atoms with E-state index in [-0.39, 0.29) is 17.6 Å². The molecule has 6 nitrogen and oxygen atoms in total. The van der Waals surface area contributed by atoms with Crippen LogP contribution in [0.3, 0.4) is 0 Å². The van der Waals surface area contributed by atoms with Gasteiger partial charge in [0.2, 0.25) is 5.91 Å². The van der Waals surface area contributed by atoms with Gasteiger partial charge in [0.15, 0.2) is 0 Å². The summed E-state index contributed by atoms with van der Waals surface area (Å²) in [5.41, 5.74) is 3.38. The highest BCUT2D eigenvalue weighted by atomic mass is 32.1. The second kappa shape index (κ2) is 8.58. The van der Waals surface area contributed by atoms with Crippen molar-refractivity contribution in [1.29, 1.82) is 0 Å². The monoisotopic (exact) mass is 416 g/mol. The van der Waals surface area contributed by atoms with Crippen molar-refractivity contribution in [2.24, 2.45) is 7.05 Å². The molecule has 4 rings (SSSR count). The van der Waals surface area contributed by atoms with E-state index in [0.29, 0.717) is 6.42 Å². The number of rotatable bonds is 5. The summed E-state index contributed by atoms with van der Waals surface area (Å²) in [6.07, 6.45) is 4.78. The molecule has 1 saturated heterocycles. The van der Waals surface area contributed by atoms with Gasteiger partial charge in [-0.3, -0.25) is 14.4 Å². The van der Waals surface area contributed by atoms with Crippen LogP contribution in [-0.2, 0) is 29.5 Å². The van der Waals surface area contributed by atoms with Gasteiger partial charge in [0.1, 0.15) is 5.60 Å². The summed E-state index contributed by atoms with van der Waals surface area (Å²) in [4.78, 5) is 16.3. The van der Waals surface area contributed by atoms with Crippen molar-refractivity contribution in [3.05, 3.63) is 39.3 Å². The fourth-order valence-electron chi connectivity index (χ4n) is 4.88. The molecule has 3 heterocycles. The van der Waals surface area contributed by atoms with E-state index in [1.165, 1.54) is 11.3 Å². The van der Waals surface area contributed by atoms with Crippen LogP contribution in [0, 0.1) is 13.8 Å². The van der Waals surface area contributed by atoms with Gasteiger partial charge in [0.05, 0.1) is 24.8 Å². The van der Waals surface area contributed by atoms with Gasteiger partial charge in [-0.25, -0.2) is 0 Å². The van der Waals surface area contributed by atoms with Crippen LogP contribution < -0.4 is 5.32 Å². The van der Waals surface area contributed by atoms with Crippen LogP contribution in [0.2, 0.25) is 0 Å². The molecule has 2 fully saturated rings. The van der Waals surface area contributed by atoms with Crippen molar-refractivity contribution in [1.82, 2.24) is 20.0 Å². The number of hydrogen-bond acceptors (Lipinski definition) is 5. The maximum absolute atomic E-state index is 12.7. The SMILES string of the molecule is Cc1nn(C)c(C)c1CN1CCO[C@@]2(CCCC[C@@H]2NC(=O)Cc2cccs2)C1. The Balaban J connectivity index is 1.45. The van der Waals surface area contributed by atoms with Crippen molar-refractivity contribution in [3.63, 3.8) is 0 Å². The largest absolute Gasteiger partial charge is 0.370 e. The number of carbonyl (C=O) groups is 1. The molecule has 2 aromatic rings. The summed E-state index contributed by atoms with van der Waals surface area (Å²) in [6.45, 7) is 7.63. The first-order chi connectivity index (χ1) is 14.0. The third-order valence-electron chi connectivity index (χ3n) is 6.56. The molecule has 29 heavy (non-hydrogen) atoms. The van der Waals surface area contributed by atoms with Crippen LogP contribution in [0.4, 0.5) is 0 Å². The van der Waals surface area contributed by atoms with Crippen LogP contribution in [0.1, 0.15) is 47.5 Å². The molecule has 1 amide bonds. The summed E-state index contributed by atoms with van der Waals surface area (Å²) in [7, 11) is 2.01. The smallest absolute Gasteiger partial charge is 0.225 e. The highest BCUT2D eigenvalue weighted by molar-refractivity contribution is 7.10. The van der Waals surface area contributed by atoms with E-state index >= 15 is 0 Å². The molecule has 158 valence electrons. The van der Waals surface area contributed by atoms with E-state index in [2.05, 4.69) is 29.2 Å². The van der Waals surface area contributed by atoms with Gasteiger partial charge in [0, 0.05) is 42.8 Å². The molecule has 2 aliphatic rings. The van der Waals surface area contributed by atoms with Crippen LogP contribution in [0.25, 0.3) is 0 Å². The molecule has 1 N–H and O–H groups in total. The Morgan fingerprint density at radius 1 is 1.41 bits per heavy atom. The quantitative estimate of drug-likeness (QED) is 0.814. The summed E-state index contributed by atoms with van der Waals surface area (Å²) >= 11 is 1.64. The third-order valence-corrected chi connectivity index (χ3v) is 7.43. The van der Waals surface area contributed by atoms with Crippen LogP contribution in [-0.4, -0.2) is 51.9 Å². The first-order valence-electron chi connectivity index (χ1n) is 10.6. The van der Waals surface area contributed by atoms with Gasteiger partial charge >= 0.3 is 0 Å². The third kappa shape index (κ3) is 4.42. The lowest BCUT2D eigenvalue weighted by Crippen LogP contribution is -2.64. The van der Waals surface area contributed by atoms with E-state index in [9.17, 15) is 4.79 Å². The van der Waals surface area contributed by atoms with Gasteiger partial charge in [0.25, 0.3) is 0 Å². The number of hydrogen-bond donors (Lipinski definition) is 1. The molecule has 1 aliphatic heterocycles. The zero-order valence-corrected chi connectivity index (χ0v) is 18.6. The predicted molar refractivity (Wildman–Crippen MR) is 115 cm³/mol. The van der Waals surface area contributed by atoms with Crippen molar-refractivity contribution >= 4 is 17.2 Å². The van der Waals surface area contributed by atoms with E-state index in [0.717, 1.165) is 62.5 Å². The molecule has 0 bridgehead atoms. The van der Waals surface area contributed by atoms with Crippen LogP contribution in [0.5, 0.6) is 0 Å². The van der Waals surface area contributed by atoms with Gasteiger partial charge in [-0.2, -0.15) is 5.10 Å². The summed E-state index contributed by atoms with van der Waals surface area (Å²) in [6, 6.07) is 4.11. The number of nitrogens with one attached hydrogen (secondary N) is 1. The Hall–Kier alpha value is -1.70. The van der Waals surface area contributed by atoms with Crippen molar-refractivity contribution in [2.75, 3.05) is 19.7 Å². The number of nitrogens with zero attached hydrogens (tertiary/aromatic N) is 3. The van der Waals surface area contributed by atoms with Gasteiger partial charge in [-0.05, 0) is 38.1 Å². The summed E-state index contributed by atoms with van der Waals surface area (Å²) in [5.74, 6) is 0.110.